The molecule has 0 aliphatic carbocycles. The molecule has 0 aliphatic heterocycles. The zero-order valence-corrected chi connectivity index (χ0v) is 11.0. The summed E-state index contributed by atoms with van der Waals surface area (Å²) in [5.41, 5.74) is 1.06. The first kappa shape index (κ1) is 11.9. The fourth-order valence-electron chi connectivity index (χ4n) is 1.40. The van der Waals surface area contributed by atoms with Gasteiger partial charge in [-0.2, -0.15) is 0 Å². The van der Waals surface area contributed by atoms with Crippen molar-refractivity contribution in [3.63, 3.8) is 0 Å². The summed E-state index contributed by atoms with van der Waals surface area (Å²) in [4.78, 5) is 4.03. The van der Waals surface area contributed by atoms with Gasteiger partial charge < -0.3 is 9.47 Å². The number of methoxy groups -OCH3 is 1. The Morgan fingerprint density at radius 2 is 2.06 bits per heavy atom. The Hall–Kier alpha value is -1.55. The molecule has 0 N–H and O–H groups in total. The molecule has 4 heteroatoms. The number of pyridine rings is 1. The molecule has 0 amide bonds. The molecule has 0 bridgehead atoms. The van der Waals surface area contributed by atoms with E-state index in [0.717, 1.165) is 21.5 Å². The minimum atomic E-state index is 0.495. The topological polar surface area (TPSA) is 31.4 Å². The van der Waals surface area contributed by atoms with Gasteiger partial charge in [-0.3, -0.25) is 4.98 Å². The van der Waals surface area contributed by atoms with E-state index in [1.54, 1.807) is 19.5 Å². The molecule has 2 rings (SSSR count). The molecule has 1 heterocycles. The van der Waals surface area contributed by atoms with Crippen LogP contribution in [-0.2, 0) is 6.61 Å². The highest BCUT2D eigenvalue weighted by molar-refractivity contribution is 9.10. The summed E-state index contributed by atoms with van der Waals surface area (Å²) in [5, 5.41) is 0. The van der Waals surface area contributed by atoms with Crippen molar-refractivity contribution in [1.82, 2.24) is 4.98 Å². The van der Waals surface area contributed by atoms with Crippen LogP contribution in [0.2, 0.25) is 0 Å². The first-order chi connectivity index (χ1) is 8.28. The lowest BCUT2D eigenvalue weighted by Crippen LogP contribution is -1.96. The van der Waals surface area contributed by atoms with E-state index >= 15 is 0 Å². The van der Waals surface area contributed by atoms with E-state index in [4.69, 9.17) is 9.47 Å². The van der Waals surface area contributed by atoms with Crippen molar-refractivity contribution in [1.29, 1.82) is 0 Å². The van der Waals surface area contributed by atoms with Crippen LogP contribution in [0.25, 0.3) is 0 Å². The van der Waals surface area contributed by atoms with E-state index in [0.29, 0.717) is 6.61 Å². The first-order valence-corrected chi connectivity index (χ1v) is 5.93. The Labute approximate surface area is 109 Å². The molecule has 0 radical (unpaired) electrons. The maximum Gasteiger partial charge on any atom is 0.139 e. The third-order valence-electron chi connectivity index (χ3n) is 2.22. The van der Waals surface area contributed by atoms with Crippen molar-refractivity contribution in [2.45, 2.75) is 6.61 Å². The summed E-state index contributed by atoms with van der Waals surface area (Å²) in [7, 11) is 1.65. The van der Waals surface area contributed by atoms with Crippen LogP contribution in [0.1, 0.15) is 5.56 Å². The average molecular weight is 294 g/mol. The van der Waals surface area contributed by atoms with Gasteiger partial charge in [0, 0.05) is 10.7 Å². The number of nitrogens with zero attached hydrogens (tertiary/aromatic N) is 1. The Morgan fingerprint density at radius 1 is 1.18 bits per heavy atom. The fourth-order valence-corrected chi connectivity index (χ4v) is 1.74. The third kappa shape index (κ3) is 3.46. The van der Waals surface area contributed by atoms with Gasteiger partial charge in [0.05, 0.1) is 13.3 Å². The zero-order valence-electron chi connectivity index (χ0n) is 9.39. The minimum Gasteiger partial charge on any atom is -0.497 e. The van der Waals surface area contributed by atoms with Crippen LogP contribution in [0.4, 0.5) is 0 Å². The Kier molecular flexibility index (Phi) is 3.98. The molecular weight excluding hydrogens is 282 g/mol. The van der Waals surface area contributed by atoms with Gasteiger partial charge in [0.25, 0.3) is 0 Å². The molecule has 0 atom stereocenters. The number of rotatable bonds is 4. The molecule has 0 spiro atoms. The van der Waals surface area contributed by atoms with Crippen LogP contribution in [-0.4, -0.2) is 12.1 Å². The predicted molar refractivity (Wildman–Crippen MR) is 69.3 cm³/mol. The monoisotopic (exact) mass is 293 g/mol. The van der Waals surface area contributed by atoms with E-state index in [1.807, 2.05) is 30.3 Å². The van der Waals surface area contributed by atoms with Gasteiger partial charge in [-0.05, 0) is 39.7 Å². The van der Waals surface area contributed by atoms with E-state index in [-0.39, 0.29) is 0 Å². The number of hydrogen-bond donors (Lipinski definition) is 0. The Bertz CT molecular complexity index is 502. The molecule has 0 saturated carbocycles. The molecule has 0 aliphatic rings. The van der Waals surface area contributed by atoms with Gasteiger partial charge in [0.2, 0.25) is 0 Å². The van der Waals surface area contributed by atoms with Crippen LogP contribution >= 0.6 is 15.9 Å². The molecule has 88 valence electrons. The maximum atomic E-state index is 5.62. The van der Waals surface area contributed by atoms with Gasteiger partial charge in [-0.1, -0.05) is 12.1 Å². The lowest BCUT2D eigenvalue weighted by molar-refractivity contribution is 0.304. The molecule has 2 aromatic rings. The van der Waals surface area contributed by atoms with Crippen molar-refractivity contribution >= 4 is 15.9 Å². The number of aromatic nitrogens is 1. The van der Waals surface area contributed by atoms with Crippen LogP contribution in [0, 0.1) is 0 Å². The van der Waals surface area contributed by atoms with E-state index in [1.165, 1.54) is 0 Å². The highest BCUT2D eigenvalue weighted by Crippen LogP contribution is 2.18. The lowest BCUT2D eigenvalue weighted by Gasteiger charge is -2.07. The van der Waals surface area contributed by atoms with Crippen LogP contribution in [0.15, 0.2) is 47.2 Å². The molecular formula is C13H12BrNO2. The first-order valence-electron chi connectivity index (χ1n) is 5.14. The second kappa shape index (κ2) is 5.68. The maximum absolute atomic E-state index is 5.62. The second-order valence-corrected chi connectivity index (χ2v) is 4.39. The van der Waals surface area contributed by atoms with Crippen LogP contribution in [0.5, 0.6) is 11.5 Å². The second-order valence-electron chi connectivity index (χ2n) is 3.48. The normalized spacial score (nSPS) is 10.0. The van der Waals surface area contributed by atoms with Crippen molar-refractivity contribution in [2.75, 3.05) is 7.11 Å². The molecule has 1 aromatic heterocycles. The number of benzene rings is 1. The van der Waals surface area contributed by atoms with Crippen LogP contribution in [0.3, 0.4) is 0 Å². The molecule has 0 fully saturated rings. The third-order valence-corrected chi connectivity index (χ3v) is 2.65. The summed E-state index contributed by atoms with van der Waals surface area (Å²) >= 11 is 3.35. The smallest absolute Gasteiger partial charge is 0.139 e. The summed E-state index contributed by atoms with van der Waals surface area (Å²) in [5.74, 6) is 1.57. The van der Waals surface area contributed by atoms with Gasteiger partial charge in [0.15, 0.2) is 0 Å². The highest BCUT2D eigenvalue weighted by Gasteiger charge is 1.99. The predicted octanol–water partition coefficient (Wildman–Crippen LogP) is 3.43. The van der Waals surface area contributed by atoms with Crippen molar-refractivity contribution < 1.29 is 9.47 Å². The SMILES string of the molecule is COc1cccc(COc2cncc(Br)c2)c1. The van der Waals surface area contributed by atoms with E-state index in [9.17, 15) is 0 Å². The number of ether oxygens (including phenoxy) is 2. The van der Waals surface area contributed by atoms with E-state index in [2.05, 4.69) is 20.9 Å². The lowest BCUT2D eigenvalue weighted by atomic mass is 10.2. The fraction of sp³-hybridized carbons (Fsp3) is 0.154. The highest BCUT2D eigenvalue weighted by atomic mass is 79.9. The molecule has 3 nitrogen and oxygen atoms in total. The van der Waals surface area contributed by atoms with E-state index < -0.39 is 0 Å². The standard InChI is InChI=1S/C13H12BrNO2/c1-16-12-4-2-3-10(5-12)9-17-13-6-11(14)7-15-8-13/h2-8H,9H2,1H3. The van der Waals surface area contributed by atoms with Gasteiger partial charge in [-0.15, -0.1) is 0 Å². The average Bonchev–Trinajstić information content (AvgIpc) is 2.37. The van der Waals surface area contributed by atoms with Crippen LogP contribution < -0.4 is 9.47 Å². The summed E-state index contributed by atoms with van der Waals surface area (Å²) < 4.78 is 11.7. The number of halogens is 1. The zero-order chi connectivity index (χ0) is 12.1. The Morgan fingerprint density at radius 3 is 2.82 bits per heavy atom. The van der Waals surface area contributed by atoms with Crippen molar-refractivity contribution in [2.24, 2.45) is 0 Å². The number of hydrogen-bond acceptors (Lipinski definition) is 3. The van der Waals surface area contributed by atoms with Gasteiger partial charge in [-0.25, -0.2) is 0 Å². The van der Waals surface area contributed by atoms with Gasteiger partial charge in [0.1, 0.15) is 18.1 Å². The van der Waals surface area contributed by atoms with Crippen molar-refractivity contribution in [3.8, 4) is 11.5 Å². The largest absolute Gasteiger partial charge is 0.497 e. The summed E-state index contributed by atoms with van der Waals surface area (Å²) in [6.07, 6.45) is 3.41. The Balaban J connectivity index is 2.02. The minimum absolute atomic E-state index is 0.495. The summed E-state index contributed by atoms with van der Waals surface area (Å²) in [6.45, 7) is 0.495. The summed E-state index contributed by atoms with van der Waals surface area (Å²) in [6, 6.07) is 9.67. The van der Waals surface area contributed by atoms with Crippen molar-refractivity contribution in [3.05, 3.63) is 52.8 Å². The van der Waals surface area contributed by atoms with Gasteiger partial charge >= 0.3 is 0 Å². The molecule has 1 aromatic carbocycles. The quantitative estimate of drug-likeness (QED) is 0.865. The molecule has 0 saturated heterocycles. The molecule has 17 heavy (non-hydrogen) atoms. The molecule has 0 unspecified atom stereocenters.